The highest BCUT2D eigenvalue weighted by molar-refractivity contribution is 5.73. The maximum Gasteiger partial charge on any atom is 0.219 e. The first-order valence-electron chi connectivity index (χ1n) is 9.83. The van der Waals surface area contributed by atoms with Gasteiger partial charge in [0.15, 0.2) is 0 Å². The number of nitriles is 1. The molecule has 1 aliphatic rings. The van der Waals surface area contributed by atoms with E-state index in [2.05, 4.69) is 28.1 Å². The molecule has 7 nitrogen and oxygen atoms in total. The Labute approximate surface area is 172 Å². The summed E-state index contributed by atoms with van der Waals surface area (Å²) >= 11 is 0. The van der Waals surface area contributed by atoms with Gasteiger partial charge in [0, 0.05) is 38.8 Å². The number of aliphatic imine (C=N–C) groups is 1. The summed E-state index contributed by atoms with van der Waals surface area (Å²) in [6.07, 6.45) is 6.71. The van der Waals surface area contributed by atoms with Gasteiger partial charge < -0.3 is 15.0 Å². The Kier molecular flexibility index (Phi) is 8.41. The third-order valence-electron chi connectivity index (χ3n) is 4.69. The SMILES string of the molecule is C=NC=CC(C#N)=CCNc1cc(C2CCN(C(C)=O)CC2)cc(OC(C)C)n1. The normalized spacial score (nSPS) is 15.4. The van der Waals surface area contributed by atoms with Gasteiger partial charge in [-0.1, -0.05) is 0 Å². The number of aromatic nitrogens is 1. The van der Waals surface area contributed by atoms with Crippen LogP contribution in [0.25, 0.3) is 0 Å². The number of hydrogen-bond donors (Lipinski definition) is 1. The zero-order valence-electron chi connectivity index (χ0n) is 17.4. The molecule has 0 unspecified atom stereocenters. The van der Waals surface area contributed by atoms with Gasteiger partial charge in [-0.3, -0.25) is 9.79 Å². The minimum atomic E-state index is 0.0202. The quantitative estimate of drug-likeness (QED) is 0.412. The molecule has 0 spiro atoms. The van der Waals surface area contributed by atoms with Gasteiger partial charge in [0.1, 0.15) is 5.82 Å². The van der Waals surface area contributed by atoms with Crippen LogP contribution in [-0.4, -0.2) is 48.2 Å². The lowest BCUT2D eigenvalue weighted by atomic mass is 9.90. The fourth-order valence-corrected chi connectivity index (χ4v) is 3.23. The van der Waals surface area contributed by atoms with E-state index in [1.807, 2.05) is 30.9 Å². The number of rotatable bonds is 8. The van der Waals surface area contributed by atoms with E-state index in [0.717, 1.165) is 31.5 Å². The zero-order valence-corrected chi connectivity index (χ0v) is 17.4. The molecular formula is C22H29N5O2. The maximum atomic E-state index is 11.6. The van der Waals surface area contributed by atoms with Crippen LogP contribution in [0.15, 0.2) is 41.1 Å². The topological polar surface area (TPSA) is 90.6 Å². The number of carbonyl (C=O) groups is 1. The number of pyridine rings is 1. The summed E-state index contributed by atoms with van der Waals surface area (Å²) in [5.41, 5.74) is 1.65. The number of nitrogens with one attached hydrogen (secondary N) is 1. The van der Waals surface area contributed by atoms with Crippen molar-refractivity contribution < 1.29 is 9.53 Å². The standard InChI is InChI=1S/C22H29N5O2/c1-16(2)29-22-14-20(19-7-11-27(12-8-19)17(3)28)13-21(26-22)25-10-6-18(15-23)5-9-24-4/h5-6,9,13-14,16,19H,4,7-8,10-12H2,1-3H3,(H,25,26). The predicted octanol–water partition coefficient (Wildman–Crippen LogP) is 3.67. The van der Waals surface area contributed by atoms with Gasteiger partial charge >= 0.3 is 0 Å². The molecule has 2 heterocycles. The molecule has 7 heteroatoms. The van der Waals surface area contributed by atoms with Gasteiger partial charge in [-0.2, -0.15) is 10.2 Å². The number of likely N-dealkylation sites (tertiary alicyclic amines) is 1. The number of amides is 1. The number of hydrogen-bond acceptors (Lipinski definition) is 6. The average Bonchev–Trinajstić information content (AvgIpc) is 2.70. The Morgan fingerprint density at radius 3 is 2.79 bits per heavy atom. The van der Waals surface area contributed by atoms with Gasteiger partial charge in [-0.05, 0) is 63.1 Å². The van der Waals surface area contributed by atoms with Crippen LogP contribution in [-0.2, 0) is 4.79 Å². The second kappa shape index (κ2) is 11.0. The van der Waals surface area contributed by atoms with Crippen molar-refractivity contribution in [2.45, 2.75) is 45.6 Å². The molecule has 1 aromatic rings. The first-order valence-corrected chi connectivity index (χ1v) is 9.83. The lowest BCUT2D eigenvalue weighted by Gasteiger charge is -2.31. The number of allylic oxidation sites excluding steroid dienone is 2. The van der Waals surface area contributed by atoms with Gasteiger partial charge in [0.2, 0.25) is 11.8 Å². The van der Waals surface area contributed by atoms with Gasteiger partial charge in [-0.15, -0.1) is 0 Å². The summed E-state index contributed by atoms with van der Waals surface area (Å²) in [5, 5.41) is 12.4. The van der Waals surface area contributed by atoms with Crippen molar-refractivity contribution >= 4 is 18.4 Å². The fourth-order valence-electron chi connectivity index (χ4n) is 3.23. The first kappa shape index (κ1) is 22.2. The van der Waals surface area contributed by atoms with Crippen molar-refractivity contribution in [1.29, 1.82) is 5.26 Å². The average molecular weight is 396 g/mol. The smallest absolute Gasteiger partial charge is 0.219 e. The molecule has 154 valence electrons. The highest BCUT2D eigenvalue weighted by Crippen LogP contribution is 2.31. The number of nitrogens with zero attached hydrogens (tertiary/aromatic N) is 4. The van der Waals surface area contributed by atoms with Gasteiger partial charge in [0.05, 0.1) is 17.7 Å². The molecule has 1 N–H and O–H groups in total. The second-order valence-electron chi connectivity index (χ2n) is 7.22. The minimum Gasteiger partial charge on any atom is -0.475 e. The van der Waals surface area contributed by atoms with Crippen LogP contribution in [0.4, 0.5) is 5.82 Å². The Hall–Kier alpha value is -3.14. The lowest BCUT2D eigenvalue weighted by Crippen LogP contribution is -2.36. The number of anilines is 1. The van der Waals surface area contributed by atoms with Gasteiger partial charge in [0.25, 0.3) is 0 Å². The first-order chi connectivity index (χ1) is 13.9. The number of ether oxygens (including phenoxy) is 1. The Morgan fingerprint density at radius 1 is 1.48 bits per heavy atom. The van der Waals surface area contributed by atoms with E-state index < -0.39 is 0 Å². The number of piperidine rings is 1. The van der Waals surface area contributed by atoms with Crippen LogP contribution in [0.2, 0.25) is 0 Å². The van der Waals surface area contributed by atoms with Gasteiger partial charge in [-0.25, -0.2) is 0 Å². The monoisotopic (exact) mass is 395 g/mol. The summed E-state index contributed by atoms with van der Waals surface area (Å²) in [4.78, 5) is 21.6. The Bertz CT molecular complexity index is 815. The van der Waals surface area contributed by atoms with Crippen LogP contribution in [0.1, 0.15) is 45.1 Å². The molecule has 1 fully saturated rings. The van der Waals surface area contributed by atoms with Crippen LogP contribution >= 0.6 is 0 Å². The lowest BCUT2D eigenvalue weighted by molar-refractivity contribution is -0.129. The van der Waals surface area contributed by atoms with Crippen molar-refractivity contribution in [2.24, 2.45) is 4.99 Å². The molecule has 1 amide bonds. The molecule has 0 atom stereocenters. The Morgan fingerprint density at radius 2 is 2.21 bits per heavy atom. The Balaban J connectivity index is 2.15. The van der Waals surface area contributed by atoms with E-state index >= 15 is 0 Å². The van der Waals surface area contributed by atoms with E-state index in [1.54, 1.807) is 19.1 Å². The summed E-state index contributed by atoms with van der Waals surface area (Å²) in [6, 6.07) is 6.13. The van der Waals surface area contributed by atoms with E-state index in [-0.39, 0.29) is 12.0 Å². The minimum absolute atomic E-state index is 0.0202. The maximum absolute atomic E-state index is 11.6. The third kappa shape index (κ3) is 7.07. The summed E-state index contributed by atoms with van der Waals surface area (Å²) < 4.78 is 5.83. The van der Waals surface area contributed by atoms with Crippen LogP contribution in [0, 0.1) is 11.3 Å². The molecule has 0 aliphatic carbocycles. The van der Waals surface area contributed by atoms with Crippen LogP contribution < -0.4 is 10.1 Å². The molecular weight excluding hydrogens is 366 g/mol. The predicted molar refractivity (Wildman–Crippen MR) is 115 cm³/mol. The summed E-state index contributed by atoms with van der Waals surface area (Å²) in [5.74, 6) is 1.77. The molecule has 1 aliphatic heterocycles. The van der Waals surface area contributed by atoms with E-state index in [0.29, 0.717) is 29.7 Å². The highest BCUT2D eigenvalue weighted by atomic mass is 16.5. The largest absolute Gasteiger partial charge is 0.475 e. The second-order valence-corrected chi connectivity index (χ2v) is 7.22. The molecule has 2 rings (SSSR count). The van der Waals surface area contributed by atoms with Crippen LogP contribution in [0.3, 0.4) is 0 Å². The molecule has 0 aromatic carbocycles. The van der Waals surface area contributed by atoms with E-state index in [9.17, 15) is 4.79 Å². The van der Waals surface area contributed by atoms with Crippen molar-refractivity contribution in [3.8, 4) is 11.9 Å². The van der Waals surface area contributed by atoms with E-state index in [4.69, 9.17) is 10.00 Å². The molecule has 0 bridgehead atoms. The number of carbonyl (C=O) groups excluding carboxylic acids is 1. The molecule has 0 saturated carbocycles. The van der Waals surface area contributed by atoms with Crippen molar-refractivity contribution in [1.82, 2.24) is 9.88 Å². The third-order valence-corrected chi connectivity index (χ3v) is 4.69. The van der Waals surface area contributed by atoms with Crippen molar-refractivity contribution in [3.63, 3.8) is 0 Å². The van der Waals surface area contributed by atoms with Crippen molar-refractivity contribution in [3.05, 3.63) is 41.6 Å². The molecule has 0 radical (unpaired) electrons. The fraction of sp³-hybridized carbons (Fsp3) is 0.455. The van der Waals surface area contributed by atoms with Crippen LogP contribution in [0.5, 0.6) is 5.88 Å². The molecule has 1 aromatic heterocycles. The molecule has 1 saturated heterocycles. The summed E-state index contributed by atoms with van der Waals surface area (Å²) in [6.45, 7) is 10.9. The highest BCUT2D eigenvalue weighted by Gasteiger charge is 2.23. The van der Waals surface area contributed by atoms with E-state index in [1.165, 1.54) is 6.20 Å². The summed E-state index contributed by atoms with van der Waals surface area (Å²) in [7, 11) is 0. The van der Waals surface area contributed by atoms with Crippen molar-refractivity contribution in [2.75, 3.05) is 25.0 Å². The molecule has 29 heavy (non-hydrogen) atoms. The zero-order chi connectivity index (χ0) is 21.2.